The summed E-state index contributed by atoms with van der Waals surface area (Å²) in [4.78, 5) is 0. The molecule has 0 atom stereocenters. The van der Waals surface area contributed by atoms with E-state index in [4.69, 9.17) is 0 Å². The van der Waals surface area contributed by atoms with Crippen LogP contribution in [-0.4, -0.2) is 11.0 Å². The van der Waals surface area contributed by atoms with Gasteiger partial charge in [0.25, 0.3) is 0 Å². The Labute approximate surface area is 116 Å². The Morgan fingerprint density at radius 2 is 2.00 bits per heavy atom. The number of rotatable bonds is 6. The van der Waals surface area contributed by atoms with Gasteiger partial charge in [-0.25, -0.2) is 8.78 Å². The summed E-state index contributed by atoms with van der Waals surface area (Å²) in [5, 5.41) is 3.04. The molecule has 0 bridgehead atoms. The van der Waals surface area contributed by atoms with Gasteiger partial charge in [-0.05, 0) is 51.9 Å². The van der Waals surface area contributed by atoms with Crippen molar-refractivity contribution in [3.8, 4) is 0 Å². The van der Waals surface area contributed by atoms with Crippen molar-refractivity contribution in [1.82, 2.24) is 5.32 Å². The number of benzene rings is 1. The van der Waals surface area contributed by atoms with Gasteiger partial charge in [0, 0.05) is 12.1 Å². The lowest BCUT2D eigenvalue weighted by Crippen LogP contribution is -2.17. The van der Waals surface area contributed by atoms with Crippen LogP contribution in [0.15, 0.2) is 16.6 Å². The van der Waals surface area contributed by atoms with Gasteiger partial charge in [-0.2, -0.15) is 0 Å². The van der Waals surface area contributed by atoms with Crippen molar-refractivity contribution < 1.29 is 8.78 Å². The molecule has 0 unspecified atom stereocenters. The number of unbranched alkanes of at least 4 members (excludes halogenated alkanes) is 1. The first kappa shape index (κ1) is 14.3. The normalized spacial score (nSPS) is 10.8. The van der Waals surface area contributed by atoms with Gasteiger partial charge >= 0.3 is 0 Å². The van der Waals surface area contributed by atoms with E-state index in [9.17, 15) is 8.78 Å². The predicted molar refractivity (Wildman–Crippen MR) is 73.9 cm³/mol. The van der Waals surface area contributed by atoms with Crippen LogP contribution in [0, 0.1) is 11.6 Å². The van der Waals surface area contributed by atoms with E-state index in [1.807, 2.05) is 0 Å². The van der Waals surface area contributed by atoms with Gasteiger partial charge in [0.05, 0.1) is 4.47 Å². The number of alkyl halides is 1. The second-order valence-corrected chi connectivity index (χ2v) is 5.33. The van der Waals surface area contributed by atoms with E-state index >= 15 is 0 Å². The van der Waals surface area contributed by atoms with E-state index in [0.717, 1.165) is 23.8 Å². The van der Waals surface area contributed by atoms with Gasteiger partial charge < -0.3 is 5.32 Å². The van der Waals surface area contributed by atoms with Gasteiger partial charge in [-0.1, -0.05) is 22.6 Å². The highest BCUT2D eigenvalue weighted by Gasteiger charge is 2.11. The third-order valence-electron chi connectivity index (χ3n) is 2.18. The third kappa shape index (κ3) is 4.25. The topological polar surface area (TPSA) is 12.0 Å². The fourth-order valence-electron chi connectivity index (χ4n) is 1.29. The van der Waals surface area contributed by atoms with Gasteiger partial charge in [-0.3, -0.25) is 0 Å². The molecule has 1 aromatic rings. The summed E-state index contributed by atoms with van der Waals surface area (Å²) in [6.45, 7) is 1.02. The van der Waals surface area contributed by atoms with Crippen molar-refractivity contribution in [3.05, 3.63) is 33.8 Å². The van der Waals surface area contributed by atoms with Crippen LogP contribution in [-0.2, 0) is 6.54 Å². The van der Waals surface area contributed by atoms with Crippen LogP contribution in [0.3, 0.4) is 0 Å². The van der Waals surface area contributed by atoms with Gasteiger partial charge in [0.1, 0.15) is 11.6 Å². The molecule has 0 saturated carbocycles. The molecule has 0 radical (unpaired) electrons. The van der Waals surface area contributed by atoms with E-state index in [-0.39, 0.29) is 12.1 Å². The molecule has 0 aliphatic carbocycles. The quantitative estimate of drug-likeness (QED) is 0.327. The van der Waals surface area contributed by atoms with Gasteiger partial charge in [-0.15, -0.1) is 0 Å². The SMILES string of the molecule is Fc1ccc(Br)c(F)c1CNCCCCI. The molecule has 0 heterocycles. The molecule has 1 rings (SSSR count). The molecule has 0 aliphatic rings. The average molecular weight is 404 g/mol. The van der Waals surface area contributed by atoms with E-state index < -0.39 is 11.6 Å². The molecule has 5 heteroatoms. The summed E-state index contributed by atoms with van der Waals surface area (Å²) < 4.78 is 28.2. The average Bonchev–Trinajstić information content (AvgIpc) is 2.28. The predicted octanol–water partition coefficient (Wildman–Crippen LogP) is 4.03. The molecule has 90 valence electrons. The Balaban J connectivity index is 2.50. The summed E-state index contributed by atoms with van der Waals surface area (Å²) in [7, 11) is 0. The van der Waals surface area contributed by atoms with E-state index in [2.05, 4.69) is 43.8 Å². The first-order chi connectivity index (χ1) is 7.66. The maximum absolute atomic E-state index is 13.5. The lowest BCUT2D eigenvalue weighted by atomic mass is 10.2. The standard InChI is InChI=1S/C11H13BrF2IN/c12-9-3-4-10(13)8(11(9)14)7-16-6-2-1-5-15/h3-4,16H,1-2,5-7H2. The third-order valence-corrected chi connectivity index (χ3v) is 3.55. The smallest absolute Gasteiger partial charge is 0.144 e. The van der Waals surface area contributed by atoms with Crippen LogP contribution in [0.4, 0.5) is 8.78 Å². The lowest BCUT2D eigenvalue weighted by molar-refractivity contribution is 0.529. The number of halogens is 4. The van der Waals surface area contributed by atoms with Crippen molar-refractivity contribution in [2.75, 3.05) is 11.0 Å². The van der Waals surface area contributed by atoms with Crippen molar-refractivity contribution in [2.24, 2.45) is 0 Å². The highest BCUT2D eigenvalue weighted by atomic mass is 127. The number of hydrogen-bond acceptors (Lipinski definition) is 1. The minimum absolute atomic E-state index is 0.101. The molecule has 0 fully saturated rings. The van der Waals surface area contributed by atoms with Crippen molar-refractivity contribution in [1.29, 1.82) is 0 Å². The minimum atomic E-state index is -0.513. The first-order valence-electron chi connectivity index (χ1n) is 5.06. The fraction of sp³-hybridized carbons (Fsp3) is 0.455. The Kier molecular flexibility index (Phi) is 6.75. The second-order valence-electron chi connectivity index (χ2n) is 3.39. The van der Waals surface area contributed by atoms with Crippen LogP contribution >= 0.6 is 38.5 Å². The zero-order valence-electron chi connectivity index (χ0n) is 8.70. The molecule has 16 heavy (non-hydrogen) atoms. The molecule has 0 aromatic heterocycles. The van der Waals surface area contributed by atoms with Crippen LogP contribution in [0.5, 0.6) is 0 Å². The Hall–Kier alpha value is 0.250. The van der Waals surface area contributed by atoms with Crippen LogP contribution in [0.1, 0.15) is 18.4 Å². The van der Waals surface area contributed by atoms with Gasteiger partial charge in [0.2, 0.25) is 0 Å². The van der Waals surface area contributed by atoms with E-state index in [1.165, 1.54) is 12.1 Å². The van der Waals surface area contributed by atoms with Crippen LogP contribution in [0.2, 0.25) is 0 Å². The van der Waals surface area contributed by atoms with Crippen LogP contribution < -0.4 is 5.32 Å². The molecule has 0 spiro atoms. The summed E-state index contributed by atoms with van der Waals surface area (Å²) in [6.07, 6.45) is 2.15. The van der Waals surface area contributed by atoms with Crippen LogP contribution in [0.25, 0.3) is 0 Å². The second kappa shape index (κ2) is 7.55. The summed E-state index contributed by atoms with van der Waals surface area (Å²) >= 11 is 5.36. The highest BCUT2D eigenvalue weighted by Crippen LogP contribution is 2.21. The maximum atomic E-state index is 13.5. The molecule has 1 aromatic carbocycles. The molecule has 1 nitrogen and oxygen atoms in total. The van der Waals surface area contributed by atoms with E-state index in [0.29, 0.717) is 4.47 Å². The first-order valence-corrected chi connectivity index (χ1v) is 7.37. The fourth-order valence-corrected chi connectivity index (χ4v) is 2.20. The number of hydrogen-bond donors (Lipinski definition) is 1. The molecule has 0 saturated heterocycles. The lowest BCUT2D eigenvalue weighted by Gasteiger charge is -2.07. The molecular formula is C11H13BrF2IN. The zero-order chi connectivity index (χ0) is 12.0. The summed E-state index contributed by atoms with van der Waals surface area (Å²) in [5.74, 6) is -1.01. The van der Waals surface area contributed by atoms with Gasteiger partial charge in [0.15, 0.2) is 0 Å². The maximum Gasteiger partial charge on any atom is 0.144 e. The zero-order valence-corrected chi connectivity index (χ0v) is 12.4. The minimum Gasteiger partial charge on any atom is -0.312 e. The monoisotopic (exact) mass is 403 g/mol. The Morgan fingerprint density at radius 1 is 1.25 bits per heavy atom. The Morgan fingerprint density at radius 3 is 2.69 bits per heavy atom. The molecular weight excluding hydrogens is 391 g/mol. The largest absolute Gasteiger partial charge is 0.312 e. The van der Waals surface area contributed by atoms with E-state index in [1.54, 1.807) is 0 Å². The summed E-state index contributed by atoms with van der Waals surface area (Å²) in [5.41, 5.74) is 0.101. The summed E-state index contributed by atoms with van der Waals surface area (Å²) in [6, 6.07) is 2.65. The Bertz CT molecular complexity index is 347. The molecule has 1 N–H and O–H groups in total. The number of nitrogens with one attached hydrogen (secondary N) is 1. The van der Waals surface area contributed by atoms with Crippen molar-refractivity contribution >= 4 is 38.5 Å². The molecule has 0 amide bonds. The van der Waals surface area contributed by atoms with Crippen molar-refractivity contribution in [2.45, 2.75) is 19.4 Å². The highest BCUT2D eigenvalue weighted by molar-refractivity contribution is 14.1. The van der Waals surface area contributed by atoms with Crippen molar-refractivity contribution in [3.63, 3.8) is 0 Å². The molecule has 0 aliphatic heterocycles.